The lowest BCUT2D eigenvalue weighted by Crippen LogP contribution is -2.41. The van der Waals surface area contributed by atoms with Crippen molar-refractivity contribution in [1.29, 1.82) is 0 Å². The van der Waals surface area contributed by atoms with E-state index < -0.39 is 0 Å². The van der Waals surface area contributed by atoms with Gasteiger partial charge in [0.25, 0.3) is 0 Å². The molecule has 3 rings (SSSR count). The third-order valence-corrected chi connectivity index (χ3v) is 5.45. The molecule has 1 aromatic carbocycles. The number of nitrogens with zero attached hydrogens (tertiary/aromatic N) is 4. The Morgan fingerprint density at radius 2 is 2.20 bits per heavy atom. The number of hydrogen-bond acceptors (Lipinski definition) is 4. The number of nitrogens with one attached hydrogen (secondary N) is 2. The first-order valence-electron chi connectivity index (χ1n) is 10.4. The number of aromatic nitrogens is 3. The topological polar surface area (TPSA) is 76.4 Å². The van der Waals surface area contributed by atoms with Crippen molar-refractivity contribution < 1.29 is 4.74 Å². The fourth-order valence-electron chi connectivity index (χ4n) is 3.44. The highest BCUT2D eigenvalue weighted by atomic mass is 127. The zero-order chi connectivity index (χ0) is 20.5. The molecule has 2 aromatic rings. The van der Waals surface area contributed by atoms with Crippen LogP contribution in [0.2, 0.25) is 5.02 Å². The third kappa shape index (κ3) is 7.39. The molecule has 1 aromatic heterocycles. The second-order valence-electron chi connectivity index (χ2n) is 7.29. The van der Waals surface area contributed by atoms with E-state index in [1.54, 1.807) is 6.33 Å². The van der Waals surface area contributed by atoms with Crippen LogP contribution in [0.1, 0.15) is 50.5 Å². The van der Waals surface area contributed by atoms with Crippen molar-refractivity contribution in [3.63, 3.8) is 0 Å². The maximum Gasteiger partial charge on any atom is 0.191 e. The molecular weight excluding hydrogens is 515 g/mol. The minimum absolute atomic E-state index is 0. The van der Waals surface area contributed by atoms with Gasteiger partial charge in [0, 0.05) is 31.1 Å². The van der Waals surface area contributed by atoms with E-state index >= 15 is 0 Å². The van der Waals surface area contributed by atoms with Crippen LogP contribution in [0.15, 0.2) is 35.6 Å². The van der Waals surface area contributed by atoms with E-state index in [9.17, 15) is 0 Å². The fraction of sp³-hybridized carbons (Fsp3) is 0.571. The lowest BCUT2D eigenvalue weighted by atomic mass is 10.1. The Bertz CT molecular complexity index is 793. The summed E-state index contributed by atoms with van der Waals surface area (Å²) in [5, 5.41) is 15.8. The number of ether oxygens (including phenoxy) is 1. The van der Waals surface area contributed by atoms with Crippen LogP contribution in [0.3, 0.4) is 0 Å². The maximum absolute atomic E-state index is 6.37. The lowest BCUT2D eigenvalue weighted by molar-refractivity contribution is 0.0224. The molecule has 0 aliphatic carbocycles. The molecule has 9 heteroatoms. The van der Waals surface area contributed by atoms with Crippen molar-refractivity contribution in [2.24, 2.45) is 4.99 Å². The van der Waals surface area contributed by atoms with Crippen molar-refractivity contribution >= 4 is 41.5 Å². The maximum atomic E-state index is 6.37. The Morgan fingerprint density at radius 3 is 2.93 bits per heavy atom. The third-order valence-electron chi connectivity index (χ3n) is 5.11. The highest BCUT2D eigenvalue weighted by molar-refractivity contribution is 14.0. The molecule has 7 nitrogen and oxygen atoms in total. The molecule has 2 atom stereocenters. The number of halogens is 2. The summed E-state index contributed by atoms with van der Waals surface area (Å²) >= 11 is 6.37. The molecule has 0 spiro atoms. The molecule has 0 amide bonds. The normalized spacial score (nSPS) is 17.8. The summed E-state index contributed by atoms with van der Waals surface area (Å²) in [7, 11) is 0. The Labute approximate surface area is 201 Å². The van der Waals surface area contributed by atoms with E-state index in [1.807, 2.05) is 24.3 Å². The molecule has 2 unspecified atom stereocenters. The molecule has 0 bridgehead atoms. The molecule has 1 aliphatic rings. The summed E-state index contributed by atoms with van der Waals surface area (Å²) in [5.74, 6) is 1.75. The zero-order valence-corrected chi connectivity index (χ0v) is 20.8. The predicted molar refractivity (Wildman–Crippen MR) is 132 cm³/mol. The molecule has 0 saturated carbocycles. The number of benzene rings is 1. The SMILES string of the molecule is CCc1nncn1CCNC(=NCC1CCCCO1)NC(C)c1ccccc1Cl.I. The summed E-state index contributed by atoms with van der Waals surface area (Å²) in [6.45, 7) is 7.15. The van der Waals surface area contributed by atoms with Gasteiger partial charge in [-0.15, -0.1) is 34.2 Å². The molecule has 166 valence electrons. The van der Waals surface area contributed by atoms with Crippen LogP contribution >= 0.6 is 35.6 Å². The zero-order valence-electron chi connectivity index (χ0n) is 17.7. The van der Waals surface area contributed by atoms with Gasteiger partial charge in [-0.2, -0.15) is 0 Å². The Hall–Kier alpha value is -1.39. The summed E-state index contributed by atoms with van der Waals surface area (Å²) in [6, 6.07) is 7.91. The van der Waals surface area contributed by atoms with Crippen molar-refractivity contribution in [3.8, 4) is 0 Å². The first-order chi connectivity index (χ1) is 14.2. The van der Waals surface area contributed by atoms with Gasteiger partial charge in [0.15, 0.2) is 5.96 Å². The molecule has 2 N–H and O–H groups in total. The molecule has 1 saturated heterocycles. The summed E-state index contributed by atoms with van der Waals surface area (Å²) in [4.78, 5) is 4.79. The van der Waals surface area contributed by atoms with E-state index in [4.69, 9.17) is 21.3 Å². The van der Waals surface area contributed by atoms with Crippen molar-refractivity contribution in [1.82, 2.24) is 25.4 Å². The number of rotatable bonds is 8. The smallest absolute Gasteiger partial charge is 0.191 e. The van der Waals surface area contributed by atoms with E-state index in [0.29, 0.717) is 6.54 Å². The van der Waals surface area contributed by atoms with Gasteiger partial charge in [0.2, 0.25) is 0 Å². The number of hydrogen-bond donors (Lipinski definition) is 2. The largest absolute Gasteiger partial charge is 0.376 e. The van der Waals surface area contributed by atoms with Gasteiger partial charge in [-0.3, -0.25) is 4.99 Å². The quantitative estimate of drug-likeness (QED) is 0.298. The molecular formula is C21H32ClIN6O. The average molecular weight is 547 g/mol. The molecule has 1 aliphatic heterocycles. The monoisotopic (exact) mass is 546 g/mol. The van der Waals surface area contributed by atoms with E-state index in [-0.39, 0.29) is 36.1 Å². The van der Waals surface area contributed by atoms with Crippen LogP contribution in [-0.4, -0.2) is 46.5 Å². The van der Waals surface area contributed by atoms with E-state index in [2.05, 4.69) is 39.2 Å². The summed E-state index contributed by atoms with van der Waals surface area (Å²) in [5.41, 5.74) is 1.05. The van der Waals surface area contributed by atoms with Crippen LogP contribution < -0.4 is 10.6 Å². The van der Waals surface area contributed by atoms with Crippen LogP contribution in [-0.2, 0) is 17.7 Å². The van der Waals surface area contributed by atoms with Gasteiger partial charge in [0.1, 0.15) is 12.2 Å². The van der Waals surface area contributed by atoms with Gasteiger partial charge in [-0.05, 0) is 37.8 Å². The Balaban J connectivity index is 0.00000320. The van der Waals surface area contributed by atoms with Crippen molar-refractivity contribution in [2.45, 2.75) is 58.2 Å². The van der Waals surface area contributed by atoms with Crippen LogP contribution in [0.25, 0.3) is 0 Å². The molecule has 30 heavy (non-hydrogen) atoms. The lowest BCUT2D eigenvalue weighted by Gasteiger charge is -2.23. The number of aliphatic imine (C=N–C) groups is 1. The molecule has 2 heterocycles. The summed E-state index contributed by atoms with van der Waals surface area (Å²) in [6.07, 6.45) is 6.25. The van der Waals surface area contributed by atoms with Crippen LogP contribution in [0.5, 0.6) is 0 Å². The van der Waals surface area contributed by atoms with Crippen LogP contribution in [0, 0.1) is 0 Å². The minimum atomic E-state index is 0. The first-order valence-corrected chi connectivity index (χ1v) is 10.8. The van der Waals surface area contributed by atoms with Gasteiger partial charge >= 0.3 is 0 Å². The van der Waals surface area contributed by atoms with E-state index in [1.165, 1.54) is 6.42 Å². The van der Waals surface area contributed by atoms with Gasteiger partial charge in [-0.1, -0.05) is 36.7 Å². The minimum Gasteiger partial charge on any atom is -0.376 e. The van der Waals surface area contributed by atoms with Crippen molar-refractivity contribution in [2.75, 3.05) is 19.7 Å². The first kappa shape index (κ1) is 24.9. The van der Waals surface area contributed by atoms with Crippen LogP contribution in [0.4, 0.5) is 0 Å². The number of guanidine groups is 1. The standard InChI is InChI=1S/C21H31ClN6O.HI/c1-3-20-27-25-15-28(20)12-11-23-21(24-14-17-8-6-7-13-29-17)26-16(2)18-9-4-5-10-19(18)22;/h4-5,9-10,15-17H,3,6-8,11-14H2,1-2H3,(H2,23,24,26);1H. The fourth-order valence-corrected chi connectivity index (χ4v) is 3.74. The second kappa shape index (κ2) is 13.1. The molecule has 0 radical (unpaired) electrons. The molecule has 1 fully saturated rings. The Kier molecular flexibility index (Phi) is 10.9. The second-order valence-corrected chi connectivity index (χ2v) is 7.69. The highest BCUT2D eigenvalue weighted by Gasteiger charge is 2.15. The Morgan fingerprint density at radius 1 is 1.37 bits per heavy atom. The van der Waals surface area contributed by atoms with Gasteiger partial charge in [-0.25, -0.2) is 0 Å². The average Bonchev–Trinajstić information content (AvgIpc) is 3.20. The predicted octanol–water partition coefficient (Wildman–Crippen LogP) is 3.98. The summed E-state index contributed by atoms with van der Waals surface area (Å²) < 4.78 is 7.89. The van der Waals surface area contributed by atoms with E-state index in [0.717, 1.165) is 61.3 Å². The van der Waals surface area contributed by atoms with Gasteiger partial charge < -0.3 is 19.9 Å². The van der Waals surface area contributed by atoms with Gasteiger partial charge in [0.05, 0.1) is 18.7 Å². The highest BCUT2D eigenvalue weighted by Crippen LogP contribution is 2.22. The number of aryl methyl sites for hydroxylation is 1. The van der Waals surface area contributed by atoms with Crippen molar-refractivity contribution in [3.05, 3.63) is 47.0 Å².